The summed E-state index contributed by atoms with van der Waals surface area (Å²) in [6, 6.07) is 0. The molecule has 0 saturated carbocycles. The van der Waals surface area contributed by atoms with Crippen molar-refractivity contribution in [3.8, 4) is 0 Å². The SMILES string of the molecule is CCCCOCCNCCSc1nc(C)cs1. The summed E-state index contributed by atoms with van der Waals surface area (Å²) in [6.07, 6.45) is 2.37. The average Bonchev–Trinajstić information content (AvgIpc) is 2.73. The number of thiazole rings is 1. The lowest BCUT2D eigenvalue weighted by atomic mass is 10.4. The van der Waals surface area contributed by atoms with Crippen molar-refractivity contribution in [2.45, 2.75) is 31.0 Å². The van der Waals surface area contributed by atoms with Crippen molar-refractivity contribution in [3.05, 3.63) is 11.1 Å². The zero-order valence-electron chi connectivity index (χ0n) is 10.7. The Morgan fingerprint density at radius 1 is 1.41 bits per heavy atom. The standard InChI is InChI=1S/C12H22N2OS2/c1-3-4-7-15-8-5-13-6-9-16-12-14-11(2)10-17-12/h10,13H,3-9H2,1-2H3. The highest BCUT2D eigenvalue weighted by Gasteiger charge is 1.98. The smallest absolute Gasteiger partial charge is 0.150 e. The fourth-order valence-electron chi connectivity index (χ4n) is 1.23. The van der Waals surface area contributed by atoms with Crippen LogP contribution in [0.15, 0.2) is 9.72 Å². The van der Waals surface area contributed by atoms with E-state index in [1.54, 1.807) is 11.3 Å². The molecule has 0 atom stereocenters. The number of unbranched alkanes of at least 4 members (excludes halogenated alkanes) is 1. The highest BCUT2D eigenvalue weighted by atomic mass is 32.2. The molecule has 98 valence electrons. The molecule has 0 aromatic carbocycles. The van der Waals surface area contributed by atoms with Crippen LogP contribution >= 0.6 is 23.1 Å². The van der Waals surface area contributed by atoms with E-state index in [0.717, 1.165) is 37.8 Å². The highest BCUT2D eigenvalue weighted by Crippen LogP contribution is 2.21. The molecular formula is C12H22N2OS2. The second kappa shape index (κ2) is 9.88. The van der Waals surface area contributed by atoms with Gasteiger partial charge >= 0.3 is 0 Å². The number of hydrogen-bond acceptors (Lipinski definition) is 5. The molecule has 0 aliphatic carbocycles. The van der Waals surface area contributed by atoms with Gasteiger partial charge in [-0.25, -0.2) is 4.98 Å². The third kappa shape index (κ3) is 7.76. The quantitative estimate of drug-likeness (QED) is 0.525. The first-order valence-corrected chi connectivity index (χ1v) is 8.03. The fourth-order valence-corrected chi connectivity index (χ4v) is 3.04. The van der Waals surface area contributed by atoms with Crippen LogP contribution in [0.25, 0.3) is 0 Å². The van der Waals surface area contributed by atoms with Crippen LogP contribution < -0.4 is 5.32 Å². The average molecular weight is 274 g/mol. The van der Waals surface area contributed by atoms with Gasteiger partial charge in [-0.2, -0.15) is 0 Å². The molecule has 0 radical (unpaired) electrons. The van der Waals surface area contributed by atoms with Crippen LogP contribution in [0.1, 0.15) is 25.5 Å². The van der Waals surface area contributed by atoms with Crippen LogP contribution in [-0.4, -0.2) is 37.0 Å². The summed E-state index contributed by atoms with van der Waals surface area (Å²) in [5, 5.41) is 5.46. The third-order valence-corrected chi connectivity index (χ3v) is 4.31. The third-order valence-electron chi connectivity index (χ3n) is 2.17. The summed E-state index contributed by atoms with van der Waals surface area (Å²) in [7, 11) is 0. The lowest BCUT2D eigenvalue weighted by Gasteiger charge is -2.04. The number of aryl methyl sites for hydroxylation is 1. The second-order valence-electron chi connectivity index (χ2n) is 3.82. The minimum atomic E-state index is 0.820. The minimum absolute atomic E-state index is 0.820. The van der Waals surface area contributed by atoms with E-state index in [-0.39, 0.29) is 0 Å². The molecule has 17 heavy (non-hydrogen) atoms. The number of ether oxygens (including phenoxy) is 1. The van der Waals surface area contributed by atoms with Gasteiger partial charge < -0.3 is 10.1 Å². The molecule has 0 aliphatic rings. The first kappa shape index (κ1) is 15.0. The van der Waals surface area contributed by atoms with Crippen molar-refractivity contribution >= 4 is 23.1 Å². The Morgan fingerprint density at radius 2 is 2.29 bits per heavy atom. The number of rotatable bonds is 10. The summed E-state index contributed by atoms with van der Waals surface area (Å²) in [5.41, 5.74) is 1.12. The zero-order chi connectivity index (χ0) is 12.3. The van der Waals surface area contributed by atoms with Crippen molar-refractivity contribution in [3.63, 3.8) is 0 Å². The van der Waals surface area contributed by atoms with E-state index in [1.165, 1.54) is 17.2 Å². The van der Waals surface area contributed by atoms with Gasteiger partial charge in [0.15, 0.2) is 0 Å². The normalized spacial score (nSPS) is 10.9. The number of thioether (sulfide) groups is 1. The van der Waals surface area contributed by atoms with Gasteiger partial charge in [0.1, 0.15) is 4.34 Å². The molecule has 3 nitrogen and oxygen atoms in total. The summed E-state index contributed by atoms with van der Waals surface area (Å²) in [5.74, 6) is 1.07. The molecule has 1 N–H and O–H groups in total. The van der Waals surface area contributed by atoms with Gasteiger partial charge in [-0.3, -0.25) is 0 Å². The topological polar surface area (TPSA) is 34.1 Å². The van der Waals surface area contributed by atoms with E-state index in [9.17, 15) is 0 Å². The van der Waals surface area contributed by atoms with Crippen molar-refractivity contribution in [2.24, 2.45) is 0 Å². The van der Waals surface area contributed by atoms with E-state index in [0.29, 0.717) is 0 Å². The Kier molecular flexibility index (Phi) is 8.70. The van der Waals surface area contributed by atoms with Crippen molar-refractivity contribution < 1.29 is 4.74 Å². The molecule has 1 aromatic rings. The predicted octanol–water partition coefficient (Wildman–Crippen LogP) is 2.95. The van der Waals surface area contributed by atoms with E-state index < -0.39 is 0 Å². The molecule has 0 spiro atoms. The van der Waals surface area contributed by atoms with Gasteiger partial charge in [0.25, 0.3) is 0 Å². The van der Waals surface area contributed by atoms with Gasteiger partial charge in [-0.1, -0.05) is 25.1 Å². The molecule has 0 saturated heterocycles. The lowest BCUT2D eigenvalue weighted by molar-refractivity contribution is 0.133. The Bertz CT molecular complexity index is 292. The maximum absolute atomic E-state index is 5.46. The molecule has 1 rings (SSSR count). The Morgan fingerprint density at radius 3 is 3.00 bits per heavy atom. The van der Waals surface area contributed by atoms with Gasteiger partial charge in [0.2, 0.25) is 0 Å². The minimum Gasteiger partial charge on any atom is -0.380 e. The van der Waals surface area contributed by atoms with Crippen LogP contribution in [0.2, 0.25) is 0 Å². The van der Waals surface area contributed by atoms with E-state index in [1.807, 2.05) is 18.7 Å². The first-order chi connectivity index (χ1) is 8.33. The van der Waals surface area contributed by atoms with Crippen LogP contribution in [-0.2, 0) is 4.74 Å². The summed E-state index contributed by atoms with van der Waals surface area (Å²) < 4.78 is 6.63. The van der Waals surface area contributed by atoms with Gasteiger partial charge in [0.05, 0.1) is 6.61 Å². The molecule has 1 heterocycles. The zero-order valence-corrected chi connectivity index (χ0v) is 12.3. The summed E-state index contributed by atoms with van der Waals surface area (Å²) >= 11 is 3.54. The Labute approximate surface area is 112 Å². The van der Waals surface area contributed by atoms with Crippen molar-refractivity contribution in [2.75, 3.05) is 32.1 Å². The molecule has 0 unspecified atom stereocenters. The van der Waals surface area contributed by atoms with Gasteiger partial charge in [-0.15, -0.1) is 11.3 Å². The largest absolute Gasteiger partial charge is 0.380 e. The molecule has 0 bridgehead atoms. The molecule has 0 fully saturated rings. The molecule has 0 amide bonds. The predicted molar refractivity (Wildman–Crippen MR) is 76.2 cm³/mol. The molecule has 5 heteroatoms. The number of aromatic nitrogens is 1. The summed E-state index contributed by atoms with van der Waals surface area (Å²) in [6.45, 7) is 7.89. The molecule has 1 aromatic heterocycles. The van der Waals surface area contributed by atoms with Crippen LogP contribution in [0.3, 0.4) is 0 Å². The first-order valence-electron chi connectivity index (χ1n) is 6.16. The van der Waals surface area contributed by atoms with E-state index in [4.69, 9.17) is 4.74 Å². The van der Waals surface area contributed by atoms with Crippen LogP contribution in [0.5, 0.6) is 0 Å². The van der Waals surface area contributed by atoms with Crippen molar-refractivity contribution in [1.82, 2.24) is 10.3 Å². The summed E-state index contributed by atoms with van der Waals surface area (Å²) in [4.78, 5) is 4.41. The number of hydrogen-bond donors (Lipinski definition) is 1. The van der Waals surface area contributed by atoms with Crippen LogP contribution in [0.4, 0.5) is 0 Å². The Balaban J connectivity index is 1.84. The number of nitrogens with zero attached hydrogens (tertiary/aromatic N) is 1. The monoisotopic (exact) mass is 274 g/mol. The van der Waals surface area contributed by atoms with E-state index >= 15 is 0 Å². The number of nitrogens with one attached hydrogen (secondary N) is 1. The fraction of sp³-hybridized carbons (Fsp3) is 0.750. The Hall–Kier alpha value is -0.100. The molecule has 0 aliphatic heterocycles. The maximum atomic E-state index is 5.46. The lowest BCUT2D eigenvalue weighted by Crippen LogP contribution is -2.22. The molecular weight excluding hydrogens is 252 g/mol. The van der Waals surface area contributed by atoms with Crippen molar-refractivity contribution in [1.29, 1.82) is 0 Å². The maximum Gasteiger partial charge on any atom is 0.150 e. The van der Waals surface area contributed by atoms with E-state index in [2.05, 4.69) is 22.6 Å². The second-order valence-corrected chi connectivity index (χ2v) is 6.02. The van der Waals surface area contributed by atoms with Gasteiger partial charge in [-0.05, 0) is 13.3 Å². The highest BCUT2D eigenvalue weighted by molar-refractivity contribution is 8.01. The van der Waals surface area contributed by atoms with Crippen LogP contribution in [0, 0.1) is 6.92 Å². The van der Waals surface area contributed by atoms with Gasteiger partial charge in [0, 0.05) is 36.5 Å².